The van der Waals surface area contributed by atoms with Gasteiger partial charge in [-0.15, -0.1) is 0 Å². The molecule has 14 heavy (non-hydrogen) atoms. The molecule has 0 aliphatic heterocycles. The Morgan fingerprint density at radius 3 is 1.86 bits per heavy atom. The smallest absolute Gasteiger partial charge is 0.359 e. The van der Waals surface area contributed by atoms with Crippen LogP contribution in [-0.2, 0) is 4.74 Å². The molecule has 0 saturated heterocycles. The van der Waals surface area contributed by atoms with Gasteiger partial charge in [0.1, 0.15) is 6.61 Å². The summed E-state index contributed by atoms with van der Waals surface area (Å²) in [6.07, 6.45) is -12.7. The fourth-order valence-electron chi connectivity index (χ4n) is 0.688. The van der Waals surface area contributed by atoms with E-state index >= 15 is 0 Å². The van der Waals surface area contributed by atoms with Gasteiger partial charge >= 0.3 is 12.4 Å². The Kier molecular flexibility index (Phi) is 4.66. The minimum atomic E-state index is -4.81. The van der Waals surface area contributed by atoms with Crippen LogP contribution in [0.5, 0.6) is 0 Å². The molecule has 0 fully saturated rings. The molecule has 0 spiro atoms. The van der Waals surface area contributed by atoms with Crippen molar-refractivity contribution < 1.29 is 31.1 Å². The van der Waals surface area contributed by atoms with E-state index in [-0.39, 0.29) is 6.54 Å². The van der Waals surface area contributed by atoms with Gasteiger partial charge < -0.3 is 10.5 Å². The number of halogens is 6. The average Bonchev–Trinajstić information content (AvgIpc) is 1.93. The third kappa shape index (κ3) is 6.03. The van der Waals surface area contributed by atoms with Gasteiger partial charge in [0.2, 0.25) is 0 Å². The molecule has 1 unspecified atom stereocenters. The fraction of sp³-hybridized carbons (Fsp3) is 1.00. The first kappa shape index (κ1) is 13.5. The summed E-state index contributed by atoms with van der Waals surface area (Å²) in [5, 5.41) is 0. The highest BCUT2D eigenvalue weighted by atomic mass is 19.4. The molecule has 0 aliphatic carbocycles. The van der Waals surface area contributed by atoms with Crippen molar-refractivity contribution in [3.63, 3.8) is 0 Å². The monoisotopic (exact) mass is 225 g/mol. The quantitative estimate of drug-likeness (QED) is 0.741. The molecule has 0 bridgehead atoms. The molecule has 0 aromatic heterocycles. The lowest BCUT2D eigenvalue weighted by Gasteiger charge is -2.20. The SMILES string of the molecule is NCCC(OCC(F)(F)F)C(F)(F)F. The summed E-state index contributed by atoms with van der Waals surface area (Å²) in [5.74, 6) is 0. The molecule has 1 atom stereocenters. The van der Waals surface area contributed by atoms with Gasteiger partial charge in [-0.3, -0.25) is 0 Å². The van der Waals surface area contributed by atoms with Crippen molar-refractivity contribution in [2.45, 2.75) is 24.9 Å². The van der Waals surface area contributed by atoms with E-state index in [1.54, 1.807) is 0 Å². The molecule has 0 saturated carbocycles. The number of hydrogen-bond donors (Lipinski definition) is 1. The Morgan fingerprint density at radius 2 is 1.57 bits per heavy atom. The van der Waals surface area contributed by atoms with Crippen molar-refractivity contribution >= 4 is 0 Å². The van der Waals surface area contributed by atoms with Crippen molar-refractivity contribution in [2.75, 3.05) is 13.2 Å². The lowest BCUT2D eigenvalue weighted by Crippen LogP contribution is -2.36. The highest BCUT2D eigenvalue weighted by Crippen LogP contribution is 2.27. The van der Waals surface area contributed by atoms with E-state index in [0.29, 0.717) is 0 Å². The maximum absolute atomic E-state index is 11.9. The van der Waals surface area contributed by atoms with Crippen LogP contribution in [0.25, 0.3) is 0 Å². The van der Waals surface area contributed by atoms with Crippen LogP contribution in [0.15, 0.2) is 0 Å². The molecule has 8 heteroatoms. The highest BCUT2D eigenvalue weighted by Gasteiger charge is 2.42. The number of ether oxygens (including phenoxy) is 1. The first-order valence-corrected chi connectivity index (χ1v) is 3.62. The van der Waals surface area contributed by atoms with Crippen LogP contribution in [0.2, 0.25) is 0 Å². The maximum Gasteiger partial charge on any atom is 0.414 e. The minimum Gasteiger partial charge on any atom is -0.359 e. The summed E-state index contributed by atoms with van der Waals surface area (Å²) in [4.78, 5) is 0. The largest absolute Gasteiger partial charge is 0.414 e. The molecule has 86 valence electrons. The van der Waals surface area contributed by atoms with Gasteiger partial charge in [0.25, 0.3) is 0 Å². The van der Waals surface area contributed by atoms with Gasteiger partial charge in [-0.05, 0) is 13.0 Å². The van der Waals surface area contributed by atoms with E-state index in [4.69, 9.17) is 5.73 Å². The van der Waals surface area contributed by atoms with Crippen LogP contribution < -0.4 is 5.73 Å². The lowest BCUT2D eigenvalue weighted by molar-refractivity contribution is -0.255. The summed E-state index contributed by atoms with van der Waals surface area (Å²) in [6.45, 7) is -2.31. The van der Waals surface area contributed by atoms with E-state index in [1.165, 1.54) is 0 Å². The summed E-state index contributed by atoms with van der Waals surface area (Å²) in [5.41, 5.74) is 4.80. The molecule has 0 aromatic rings. The fourth-order valence-corrected chi connectivity index (χ4v) is 0.688. The summed E-state index contributed by atoms with van der Waals surface area (Å²) < 4.78 is 74.0. The normalized spacial score (nSPS) is 15.6. The summed E-state index contributed by atoms with van der Waals surface area (Å²) in [6, 6.07) is 0. The van der Waals surface area contributed by atoms with E-state index in [2.05, 4.69) is 4.74 Å². The van der Waals surface area contributed by atoms with Crippen molar-refractivity contribution in [2.24, 2.45) is 5.73 Å². The zero-order valence-electron chi connectivity index (χ0n) is 6.95. The van der Waals surface area contributed by atoms with Gasteiger partial charge in [0.15, 0.2) is 6.10 Å². The number of hydrogen-bond acceptors (Lipinski definition) is 2. The topological polar surface area (TPSA) is 35.2 Å². The second-order valence-electron chi connectivity index (χ2n) is 2.53. The number of rotatable bonds is 4. The van der Waals surface area contributed by atoms with Crippen molar-refractivity contribution in [1.82, 2.24) is 0 Å². The predicted octanol–water partition coefficient (Wildman–Crippen LogP) is 1.84. The lowest BCUT2D eigenvalue weighted by atomic mass is 10.2. The van der Waals surface area contributed by atoms with E-state index in [1.807, 2.05) is 0 Å². The van der Waals surface area contributed by atoms with Gasteiger partial charge in [-0.2, -0.15) is 26.3 Å². The second kappa shape index (κ2) is 4.83. The minimum absolute atomic E-state index is 0.387. The molecular formula is C6H9F6NO. The van der Waals surface area contributed by atoms with Gasteiger partial charge in [-0.25, -0.2) is 0 Å². The van der Waals surface area contributed by atoms with Crippen LogP contribution >= 0.6 is 0 Å². The van der Waals surface area contributed by atoms with Gasteiger partial charge in [-0.1, -0.05) is 0 Å². The third-order valence-corrected chi connectivity index (χ3v) is 1.24. The van der Waals surface area contributed by atoms with Crippen LogP contribution in [0.4, 0.5) is 26.3 Å². The summed E-state index contributed by atoms with van der Waals surface area (Å²) >= 11 is 0. The van der Waals surface area contributed by atoms with Crippen molar-refractivity contribution in [1.29, 1.82) is 0 Å². The Bertz CT molecular complexity index is 165. The maximum atomic E-state index is 11.9. The van der Waals surface area contributed by atoms with Crippen molar-refractivity contribution in [3.05, 3.63) is 0 Å². The summed E-state index contributed by atoms with van der Waals surface area (Å²) in [7, 11) is 0. The Hall–Kier alpha value is -0.500. The molecule has 0 heterocycles. The van der Waals surface area contributed by atoms with Crippen LogP contribution in [0, 0.1) is 0 Å². The Balaban J connectivity index is 4.12. The zero-order chi connectivity index (χ0) is 11.4. The Morgan fingerprint density at radius 1 is 1.07 bits per heavy atom. The molecular weight excluding hydrogens is 216 g/mol. The van der Waals surface area contributed by atoms with E-state index < -0.39 is 31.5 Å². The number of alkyl halides is 6. The molecule has 2 nitrogen and oxygen atoms in total. The van der Waals surface area contributed by atoms with Crippen LogP contribution in [0.3, 0.4) is 0 Å². The molecule has 0 radical (unpaired) electrons. The second-order valence-corrected chi connectivity index (χ2v) is 2.53. The van der Waals surface area contributed by atoms with E-state index in [0.717, 1.165) is 0 Å². The molecule has 2 N–H and O–H groups in total. The zero-order valence-corrected chi connectivity index (χ0v) is 6.95. The first-order valence-electron chi connectivity index (χ1n) is 3.62. The average molecular weight is 225 g/mol. The van der Waals surface area contributed by atoms with Gasteiger partial charge in [0.05, 0.1) is 0 Å². The molecule has 0 aliphatic rings. The first-order chi connectivity index (χ1) is 6.17. The number of nitrogens with two attached hydrogens (primary N) is 1. The Labute approximate surface area is 76.0 Å². The molecule has 0 rings (SSSR count). The van der Waals surface area contributed by atoms with Crippen LogP contribution in [0.1, 0.15) is 6.42 Å². The van der Waals surface area contributed by atoms with Crippen molar-refractivity contribution in [3.8, 4) is 0 Å². The highest BCUT2D eigenvalue weighted by molar-refractivity contribution is 4.68. The standard InChI is InChI=1S/C6H9F6NO/c7-5(8,9)3-14-4(1-2-13)6(10,11)12/h4H,1-3,13H2. The van der Waals surface area contributed by atoms with E-state index in [9.17, 15) is 26.3 Å². The predicted molar refractivity (Wildman–Crippen MR) is 35.5 cm³/mol. The molecule has 0 amide bonds. The van der Waals surface area contributed by atoms with Gasteiger partial charge in [0, 0.05) is 0 Å². The van der Waals surface area contributed by atoms with Crippen LogP contribution in [-0.4, -0.2) is 31.6 Å². The molecule has 0 aromatic carbocycles. The third-order valence-electron chi connectivity index (χ3n) is 1.24.